The highest BCUT2D eigenvalue weighted by atomic mass is 32.1. The van der Waals surface area contributed by atoms with E-state index in [-0.39, 0.29) is 18.1 Å². The molecule has 24 heavy (non-hydrogen) atoms. The van der Waals surface area contributed by atoms with Crippen LogP contribution >= 0.6 is 11.3 Å². The van der Waals surface area contributed by atoms with Crippen molar-refractivity contribution in [2.75, 3.05) is 12.0 Å². The summed E-state index contributed by atoms with van der Waals surface area (Å²) in [5, 5.41) is 11.0. The fourth-order valence-corrected chi connectivity index (χ4v) is 6.25. The zero-order valence-electron chi connectivity index (χ0n) is 13.5. The van der Waals surface area contributed by atoms with Gasteiger partial charge < -0.3 is 4.74 Å². The van der Waals surface area contributed by atoms with E-state index in [0.29, 0.717) is 28.6 Å². The monoisotopic (exact) mass is 351 g/mol. The van der Waals surface area contributed by atoms with Crippen molar-refractivity contribution in [1.82, 2.24) is 10.5 Å². The Labute approximate surface area is 144 Å². The number of carbonyl (C=O) groups excluding carboxylic acids is 2. The Balaban J connectivity index is 1.66. The molecule has 0 spiro atoms. The van der Waals surface area contributed by atoms with E-state index in [1.807, 2.05) is 0 Å². The minimum absolute atomic E-state index is 0.0102. The van der Waals surface area contributed by atoms with E-state index in [2.05, 4.69) is 4.98 Å². The maximum Gasteiger partial charge on any atom is 0.416 e. The summed E-state index contributed by atoms with van der Waals surface area (Å²) in [6.07, 6.45) is 5.33. The van der Waals surface area contributed by atoms with Crippen LogP contribution in [0.1, 0.15) is 37.8 Å². The Morgan fingerprint density at radius 3 is 2.75 bits per heavy atom. The van der Waals surface area contributed by atoms with Crippen LogP contribution in [0, 0.1) is 17.8 Å². The van der Waals surface area contributed by atoms with E-state index in [1.165, 1.54) is 37.7 Å². The lowest BCUT2D eigenvalue weighted by atomic mass is 9.80. The van der Waals surface area contributed by atoms with Crippen molar-refractivity contribution in [3.8, 4) is 0 Å². The second kappa shape index (κ2) is 5.70. The largest absolute Gasteiger partial charge is 0.452 e. The van der Waals surface area contributed by atoms with Gasteiger partial charge >= 0.3 is 6.09 Å². The van der Waals surface area contributed by atoms with Crippen LogP contribution in [0.2, 0.25) is 0 Å². The molecular weight excluding hydrogens is 330 g/mol. The van der Waals surface area contributed by atoms with Gasteiger partial charge in [0.05, 0.1) is 24.8 Å². The molecule has 0 radical (unpaired) electrons. The Bertz CT molecular complexity index is 662. The summed E-state index contributed by atoms with van der Waals surface area (Å²) < 4.78 is 5.08. The van der Waals surface area contributed by atoms with Gasteiger partial charge in [-0.15, -0.1) is 11.3 Å². The van der Waals surface area contributed by atoms with Crippen LogP contribution < -0.4 is 10.4 Å². The number of rotatable bonds is 4. The van der Waals surface area contributed by atoms with Crippen LogP contribution in [0.4, 0.5) is 9.93 Å². The number of hydrogen-bond donors (Lipinski definition) is 2. The third-order valence-corrected chi connectivity index (χ3v) is 6.82. The number of amides is 2. The van der Waals surface area contributed by atoms with Gasteiger partial charge in [-0.25, -0.2) is 20.2 Å². The minimum atomic E-state index is -0.518. The zero-order chi connectivity index (χ0) is 16.9. The Kier molecular flexibility index (Phi) is 3.76. The third-order valence-electron chi connectivity index (χ3n) is 5.95. The average molecular weight is 351 g/mol. The van der Waals surface area contributed by atoms with E-state index >= 15 is 0 Å². The molecule has 5 rings (SSSR count). The first-order valence-corrected chi connectivity index (χ1v) is 9.19. The van der Waals surface area contributed by atoms with E-state index < -0.39 is 5.91 Å². The van der Waals surface area contributed by atoms with Crippen molar-refractivity contribution in [3.05, 3.63) is 11.1 Å². The van der Waals surface area contributed by atoms with Crippen molar-refractivity contribution >= 4 is 28.5 Å². The molecule has 4 aliphatic rings. The molecule has 1 aromatic heterocycles. The number of methoxy groups -OCH3 is 1. The lowest BCUT2D eigenvalue weighted by Gasteiger charge is -2.41. The number of carbonyl (C=O) groups is 2. The fourth-order valence-electron chi connectivity index (χ4n) is 5.34. The molecule has 1 aromatic rings. The fraction of sp³-hybridized carbons (Fsp3) is 0.688. The number of ether oxygens (including phenoxy) is 1. The van der Waals surface area contributed by atoms with Crippen LogP contribution in [0.5, 0.6) is 0 Å². The lowest BCUT2D eigenvalue weighted by Crippen LogP contribution is -2.53. The molecule has 0 saturated heterocycles. The van der Waals surface area contributed by atoms with Crippen molar-refractivity contribution in [2.45, 2.75) is 44.1 Å². The van der Waals surface area contributed by atoms with Crippen molar-refractivity contribution in [1.29, 1.82) is 0 Å². The average Bonchev–Trinajstić information content (AvgIpc) is 3.17. The van der Waals surface area contributed by atoms with E-state index in [1.54, 1.807) is 15.8 Å². The van der Waals surface area contributed by atoms with Gasteiger partial charge in [-0.05, 0) is 49.9 Å². The van der Waals surface area contributed by atoms with Gasteiger partial charge in [0.25, 0.3) is 0 Å². The molecule has 0 aliphatic heterocycles. The number of nitrogens with zero attached hydrogens (tertiary/aromatic N) is 2. The molecule has 4 bridgehead atoms. The highest BCUT2D eigenvalue weighted by Gasteiger charge is 2.62. The van der Waals surface area contributed by atoms with Crippen LogP contribution in [0.3, 0.4) is 0 Å². The van der Waals surface area contributed by atoms with Crippen molar-refractivity contribution < 1.29 is 19.5 Å². The summed E-state index contributed by atoms with van der Waals surface area (Å²) in [5.74, 6) is 1.41. The number of hydroxylamine groups is 1. The molecule has 2 amide bonds. The highest BCUT2D eigenvalue weighted by Crippen LogP contribution is 2.63. The molecule has 4 aliphatic carbocycles. The van der Waals surface area contributed by atoms with Gasteiger partial charge in [-0.1, -0.05) is 0 Å². The normalized spacial score (nSPS) is 32.8. The van der Waals surface area contributed by atoms with Crippen LogP contribution in [-0.2, 0) is 16.0 Å². The maximum absolute atomic E-state index is 12.6. The van der Waals surface area contributed by atoms with Crippen molar-refractivity contribution in [3.63, 3.8) is 0 Å². The van der Waals surface area contributed by atoms with E-state index in [0.717, 1.165) is 12.8 Å². The van der Waals surface area contributed by atoms with E-state index in [9.17, 15) is 9.59 Å². The molecule has 2 N–H and O–H groups in total. The predicted molar refractivity (Wildman–Crippen MR) is 86.9 cm³/mol. The van der Waals surface area contributed by atoms with Gasteiger partial charge in [0.15, 0.2) is 5.13 Å². The molecule has 7 nitrogen and oxygen atoms in total. The van der Waals surface area contributed by atoms with Gasteiger partial charge in [0.2, 0.25) is 5.91 Å². The molecule has 1 heterocycles. The number of aromatic nitrogens is 1. The molecule has 0 aromatic carbocycles. The van der Waals surface area contributed by atoms with Gasteiger partial charge in [0, 0.05) is 5.38 Å². The summed E-state index contributed by atoms with van der Waals surface area (Å²) >= 11 is 1.35. The number of thiazole rings is 1. The molecule has 2 unspecified atom stereocenters. The maximum atomic E-state index is 12.6. The van der Waals surface area contributed by atoms with Gasteiger partial charge in [-0.3, -0.25) is 10.0 Å². The Morgan fingerprint density at radius 2 is 2.12 bits per heavy atom. The second-order valence-corrected chi connectivity index (χ2v) is 8.12. The van der Waals surface area contributed by atoms with Crippen LogP contribution in [0.15, 0.2) is 5.38 Å². The summed E-state index contributed by atoms with van der Waals surface area (Å²) in [4.78, 5) is 30.2. The molecule has 130 valence electrons. The first kappa shape index (κ1) is 15.8. The first-order chi connectivity index (χ1) is 11.6. The summed E-state index contributed by atoms with van der Waals surface area (Å²) in [6, 6.07) is 0. The highest BCUT2D eigenvalue weighted by molar-refractivity contribution is 7.14. The van der Waals surface area contributed by atoms with Gasteiger partial charge in [0.1, 0.15) is 0 Å². The summed E-state index contributed by atoms with van der Waals surface area (Å²) in [6.45, 7) is 0. The summed E-state index contributed by atoms with van der Waals surface area (Å²) in [7, 11) is 1.40. The number of hydrogen-bond acceptors (Lipinski definition) is 6. The Morgan fingerprint density at radius 1 is 1.42 bits per heavy atom. The number of anilines is 1. The molecule has 4 fully saturated rings. The Hall–Kier alpha value is -1.67. The topological polar surface area (TPSA) is 91.8 Å². The predicted octanol–water partition coefficient (Wildman–Crippen LogP) is 2.34. The molecule has 8 heteroatoms. The minimum Gasteiger partial charge on any atom is -0.452 e. The summed E-state index contributed by atoms with van der Waals surface area (Å²) in [5.41, 5.74) is 1.98. The van der Waals surface area contributed by atoms with Gasteiger partial charge in [-0.2, -0.15) is 0 Å². The first-order valence-electron chi connectivity index (χ1n) is 8.31. The van der Waals surface area contributed by atoms with Crippen LogP contribution in [0.25, 0.3) is 0 Å². The quantitative estimate of drug-likeness (QED) is 0.642. The molecular formula is C16H21N3O4S. The smallest absolute Gasteiger partial charge is 0.416 e. The second-order valence-electron chi connectivity index (χ2n) is 7.29. The van der Waals surface area contributed by atoms with Crippen molar-refractivity contribution in [2.24, 2.45) is 17.8 Å². The SMILES string of the molecule is COC(=O)N(c1nc(CC(=O)NO)cs1)C12CC3CC(CC1C3)C2. The zero-order valence-corrected chi connectivity index (χ0v) is 14.3. The van der Waals surface area contributed by atoms with E-state index in [4.69, 9.17) is 9.94 Å². The molecule has 4 saturated carbocycles. The lowest BCUT2D eigenvalue weighted by molar-refractivity contribution is -0.128. The number of nitrogens with one attached hydrogen (secondary N) is 1. The third kappa shape index (κ3) is 2.31. The van der Waals surface area contributed by atoms with Crippen LogP contribution in [-0.4, -0.2) is 34.8 Å². The molecule has 2 atom stereocenters. The standard InChI is InChI=1S/C16H21N3O4S/c1-23-15(21)19(14-17-12(8-24-14)5-13(20)18-22)16-6-9-2-10(7-16)4-11(16)3-9/h8-11,22H,2-7H2,1H3,(H,18,20).